The summed E-state index contributed by atoms with van der Waals surface area (Å²) in [6.07, 6.45) is 3.55. The number of hydrogen-bond acceptors (Lipinski definition) is 5. The minimum Gasteiger partial charge on any atom is -0.303 e. The van der Waals surface area contributed by atoms with Crippen LogP contribution in [-0.2, 0) is 4.79 Å². The van der Waals surface area contributed by atoms with Crippen LogP contribution in [0.1, 0.15) is 5.56 Å². The van der Waals surface area contributed by atoms with Crippen molar-refractivity contribution in [3.63, 3.8) is 0 Å². The minimum absolute atomic E-state index is 0.0349. The fourth-order valence-electron chi connectivity index (χ4n) is 2.52. The zero-order chi connectivity index (χ0) is 17.1. The highest BCUT2D eigenvalue weighted by atomic mass is 32.2. The minimum atomic E-state index is -0.0349. The van der Waals surface area contributed by atoms with Gasteiger partial charge >= 0.3 is 0 Å². The molecule has 0 saturated carbocycles. The first-order valence-corrected chi connectivity index (χ1v) is 8.75. The van der Waals surface area contributed by atoms with E-state index in [-0.39, 0.29) is 5.91 Å². The summed E-state index contributed by atoms with van der Waals surface area (Å²) in [4.78, 5) is 15.6. The van der Waals surface area contributed by atoms with E-state index in [2.05, 4.69) is 32.6 Å². The Morgan fingerprint density at radius 1 is 1.08 bits per heavy atom. The molecule has 0 atom stereocenters. The Hall–Kier alpha value is -2.99. The highest BCUT2D eigenvalue weighted by Gasteiger charge is 2.15. The van der Waals surface area contributed by atoms with Crippen LogP contribution in [0.15, 0.2) is 71.0 Å². The number of carbonyl (C=O) groups excluding carboxylic acids is 1. The number of nitrogens with one attached hydrogen (secondary N) is 1. The molecule has 3 aromatic rings. The van der Waals surface area contributed by atoms with Crippen molar-refractivity contribution in [3.05, 3.63) is 66.4 Å². The number of amidine groups is 1. The maximum Gasteiger partial charge on any atom is 0.236 e. The molecule has 5 nitrogen and oxygen atoms in total. The number of carbonyl (C=O) groups is 1. The molecule has 6 heteroatoms. The second-order valence-corrected chi connectivity index (χ2v) is 6.49. The van der Waals surface area contributed by atoms with Crippen LogP contribution in [0, 0.1) is 0 Å². The van der Waals surface area contributed by atoms with Crippen LogP contribution in [0.5, 0.6) is 0 Å². The fraction of sp³-hybridized carbons (Fsp3) is 0.0526. The molecule has 1 aliphatic rings. The molecular weight excluding hydrogens is 332 g/mol. The average Bonchev–Trinajstić information content (AvgIpc) is 3.07. The topological polar surface area (TPSA) is 66.7 Å². The van der Waals surface area contributed by atoms with Crippen LogP contribution < -0.4 is 5.32 Å². The van der Waals surface area contributed by atoms with Gasteiger partial charge in [-0.1, -0.05) is 54.2 Å². The number of aromatic nitrogens is 1. The number of benzene rings is 2. The predicted molar refractivity (Wildman–Crippen MR) is 103 cm³/mol. The van der Waals surface area contributed by atoms with Gasteiger partial charge in [0, 0.05) is 17.1 Å². The monoisotopic (exact) mass is 346 g/mol. The van der Waals surface area contributed by atoms with Gasteiger partial charge in [0.15, 0.2) is 5.17 Å². The summed E-state index contributed by atoms with van der Waals surface area (Å²) >= 11 is 1.35. The summed E-state index contributed by atoms with van der Waals surface area (Å²) in [6, 6.07) is 18.2. The quantitative estimate of drug-likeness (QED) is 0.583. The van der Waals surface area contributed by atoms with E-state index >= 15 is 0 Å². The van der Waals surface area contributed by atoms with Gasteiger partial charge in [0.1, 0.15) is 0 Å². The zero-order valence-electron chi connectivity index (χ0n) is 13.2. The van der Waals surface area contributed by atoms with Gasteiger partial charge in [0.25, 0.3) is 0 Å². The number of thioether (sulfide) groups is 1. The van der Waals surface area contributed by atoms with Crippen LogP contribution in [0.25, 0.3) is 22.0 Å². The third kappa shape index (κ3) is 3.59. The zero-order valence-corrected chi connectivity index (χ0v) is 14.0. The van der Waals surface area contributed by atoms with Crippen LogP contribution in [0.4, 0.5) is 0 Å². The Morgan fingerprint density at radius 3 is 2.72 bits per heavy atom. The first-order chi connectivity index (χ1) is 12.3. The van der Waals surface area contributed by atoms with Crippen molar-refractivity contribution < 1.29 is 4.79 Å². The summed E-state index contributed by atoms with van der Waals surface area (Å²) in [5.74, 6) is 0.371. The third-order valence-corrected chi connectivity index (χ3v) is 4.64. The average molecular weight is 346 g/mol. The maximum atomic E-state index is 11.1. The number of amides is 1. The molecule has 1 aliphatic heterocycles. The molecule has 1 amide bonds. The van der Waals surface area contributed by atoms with E-state index in [1.165, 1.54) is 11.8 Å². The lowest BCUT2D eigenvalue weighted by molar-refractivity contribution is -0.116. The van der Waals surface area contributed by atoms with Crippen LogP contribution >= 0.6 is 11.8 Å². The molecule has 0 unspecified atom stereocenters. The van der Waals surface area contributed by atoms with Gasteiger partial charge in [-0.05, 0) is 23.3 Å². The van der Waals surface area contributed by atoms with Gasteiger partial charge < -0.3 is 5.32 Å². The van der Waals surface area contributed by atoms with Gasteiger partial charge in [0.2, 0.25) is 5.91 Å². The molecule has 0 radical (unpaired) electrons. The van der Waals surface area contributed by atoms with Crippen LogP contribution in [-0.4, -0.2) is 28.0 Å². The normalized spacial score (nSPS) is 16.0. The van der Waals surface area contributed by atoms with Crippen molar-refractivity contribution in [2.24, 2.45) is 10.2 Å². The molecule has 1 aromatic heterocycles. The molecular formula is C19H14N4OS. The third-order valence-electron chi connectivity index (χ3n) is 3.78. The Morgan fingerprint density at radius 2 is 1.92 bits per heavy atom. The molecule has 4 rings (SSSR count). The fourth-order valence-corrected chi connectivity index (χ4v) is 3.15. The molecule has 1 N–H and O–H groups in total. The van der Waals surface area contributed by atoms with Gasteiger partial charge in [0.05, 0.1) is 17.5 Å². The summed E-state index contributed by atoms with van der Waals surface area (Å²) in [6.45, 7) is 0. The lowest BCUT2D eigenvalue weighted by Crippen LogP contribution is -2.19. The van der Waals surface area contributed by atoms with Crippen LogP contribution in [0.2, 0.25) is 0 Å². The van der Waals surface area contributed by atoms with E-state index in [1.54, 1.807) is 6.21 Å². The molecule has 0 bridgehead atoms. The SMILES string of the molecule is O=C1CSC(=NN=Cc2ccc(-c3cnc4ccccc4c3)cc2)N1. The number of para-hydroxylation sites is 1. The van der Waals surface area contributed by atoms with Gasteiger partial charge in [-0.3, -0.25) is 9.78 Å². The summed E-state index contributed by atoms with van der Waals surface area (Å²) in [5, 5.41) is 12.3. The molecule has 1 fully saturated rings. The van der Waals surface area contributed by atoms with Crippen molar-refractivity contribution in [2.45, 2.75) is 0 Å². The van der Waals surface area contributed by atoms with Crippen LogP contribution in [0.3, 0.4) is 0 Å². The first kappa shape index (κ1) is 15.5. The van der Waals surface area contributed by atoms with E-state index in [1.807, 2.05) is 48.7 Å². The number of fused-ring (bicyclic) bond motifs is 1. The number of rotatable bonds is 3. The van der Waals surface area contributed by atoms with E-state index in [4.69, 9.17) is 0 Å². The highest BCUT2D eigenvalue weighted by molar-refractivity contribution is 8.15. The summed E-state index contributed by atoms with van der Waals surface area (Å²) < 4.78 is 0. The van der Waals surface area contributed by atoms with Crippen molar-refractivity contribution in [2.75, 3.05) is 5.75 Å². The highest BCUT2D eigenvalue weighted by Crippen LogP contribution is 2.22. The van der Waals surface area contributed by atoms with Gasteiger partial charge in [-0.15, -0.1) is 5.10 Å². The number of nitrogens with zero attached hydrogens (tertiary/aromatic N) is 3. The van der Waals surface area contributed by atoms with E-state index < -0.39 is 0 Å². The summed E-state index contributed by atoms with van der Waals surface area (Å²) in [5.41, 5.74) is 4.11. The van der Waals surface area contributed by atoms with Crippen molar-refractivity contribution in [1.29, 1.82) is 0 Å². The van der Waals surface area contributed by atoms with Crippen molar-refractivity contribution in [3.8, 4) is 11.1 Å². The maximum absolute atomic E-state index is 11.1. The molecule has 2 aromatic carbocycles. The van der Waals surface area contributed by atoms with E-state index in [0.29, 0.717) is 10.9 Å². The molecule has 0 aliphatic carbocycles. The van der Waals surface area contributed by atoms with E-state index in [9.17, 15) is 4.79 Å². The number of pyridine rings is 1. The molecule has 1 saturated heterocycles. The molecule has 2 heterocycles. The second-order valence-electron chi connectivity index (χ2n) is 5.53. The van der Waals surface area contributed by atoms with Crippen molar-refractivity contribution >= 4 is 40.0 Å². The second kappa shape index (κ2) is 6.86. The predicted octanol–water partition coefficient (Wildman–Crippen LogP) is 3.45. The lowest BCUT2D eigenvalue weighted by Gasteiger charge is -2.04. The smallest absolute Gasteiger partial charge is 0.236 e. The van der Waals surface area contributed by atoms with E-state index in [0.717, 1.165) is 27.6 Å². The largest absolute Gasteiger partial charge is 0.303 e. The molecule has 122 valence electrons. The van der Waals surface area contributed by atoms with Crippen molar-refractivity contribution in [1.82, 2.24) is 10.3 Å². The lowest BCUT2D eigenvalue weighted by atomic mass is 10.0. The Kier molecular flexibility index (Phi) is 4.26. The van der Waals surface area contributed by atoms with Gasteiger partial charge in [-0.2, -0.15) is 5.10 Å². The summed E-state index contributed by atoms with van der Waals surface area (Å²) in [7, 11) is 0. The van der Waals surface area contributed by atoms with Gasteiger partial charge in [-0.25, -0.2) is 0 Å². The number of hydrogen-bond donors (Lipinski definition) is 1. The first-order valence-electron chi connectivity index (χ1n) is 7.77. The molecule has 0 spiro atoms. The Bertz CT molecular complexity index is 996. The standard InChI is InChI=1S/C19H14N4OS/c24-18-12-25-19(22-18)23-21-10-13-5-7-14(8-6-13)16-9-15-3-1-2-4-17(15)20-11-16/h1-11H,12H2,(H,22,23,24). The Labute approximate surface area is 148 Å². The molecule has 25 heavy (non-hydrogen) atoms. The Balaban J connectivity index is 1.52.